The molecule has 3 nitrogen and oxygen atoms in total. The third-order valence-electron chi connectivity index (χ3n) is 4.61. The van der Waals surface area contributed by atoms with Crippen molar-refractivity contribution in [1.82, 2.24) is 4.90 Å². The molecule has 1 N–H and O–H groups in total. The molecule has 0 fully saturated rings. The van der Waals surface area contributed by atoms with E-state index < -0.39 is 0 Å². The maximum absolute atomic E-state index is 10.0. The standard InChI is InChI=1S/C24H27NO2/c26-18-24(20-27-19-23-14-8-3-9-15-23)25(16-21-10-4-1-5-11-21)17-22-12-6-2-7-13-22/h1-15,24,26H,16-20H2/t24-/m0/s1. The van der Waals surface area contributed by atoms with Gasteiger partial charge >= 0.3 is 0 Å². The maximum Gasteiger partial charge on any atom is 0.0717 e. The van der Waals surface area contributed by atoms with Gasteiger partial charge in [-0.3, -0.25) is 4.90 Å². The van der Waals surface area contributed by atoms with E-state index in [2.05, 4.69) is 65.6 Å². The van der Waals surface area contributed by atoms with Crippen LogP contribution in [0.3, 0.4) is 0 Å². The van der Waals surface area contributed by atoms with Gasteiger partial charge in [-0.25, -0.2) is 0 Å². The number of ether oxygens (including phenoxy) is 1. The van der Waals surface area contributed by atoms with E-state index in [1.807, 2.05) is 30.3 Å². The van der Waals surface area contributed by atoms with Crippen LogP contribution >= 0.6 is 0 Å². The molecule has 0 radical (unpaired) electrons. The second kappa shape index (κ2) is 10.6. The first-order valence-electron chi connectivity index (χ1n) is 9.39. The van der Waals surface area contributed by atoms with Gasteiger partial charge in [0.1, 0.15) is 0 Å². The lowest BCUT2D eigenvalue weighted by Gasteiger charge is -2.30. The zero-order valence-electron chi connectivity index (χ0n) is 15.6. The molecule has 0 bridgehead atoms. The first kappa shape index (κ1) is 19.3. The van der Waals surface area contributed by atoms with E-state index in [0.717, 1.165) is 18.7 Å². The van der Waals surface area contributed by atoms with Crippen molar-refractivity contribution in [3.63, 3.8) is 0 Å². The summed E-state index contributed by atoms with van der Waals surface area (Å²) in [4.78, 5) is 2.29. The molecule has 0 heterocycles. The fraction of sp³-hybridized carbons (Fsp3) is 0.250. The predicted molar refractivity (Wildman–Crippen MR) is 109 cm³/mol. The second-order valence-corrected chi connectivity index (χ2v) is 6.71. The van der Waals surface area contributed by atoms with Gasteiger partial charge in [-0.2, -0.15) is 0 Å². The summed E-state index contributed by atoms with van der Waals surface area (Å²) in [6, 6.07) is 30.8. The summed E-state index contributed by atoms with van der Waals surface area (Å²) < 4.78 is 5.93. The van der Waals surface area contributed by atoms with E-state index >= 15 is 0 Å². The second-order valence-electron chi connectivity index (χ2n) is 6.71. The normalized spacial score (nSPS) is 12.2. The average Bonchev–Trinajstić information content (AvgIpc) is 2.73. The highest BCUT2D eigenvalue weighted by atomic mass is 16.5. The van der Waals surface area contributed by atoms with Crippen molar-refractivity contribution >= 4 is 0 Å². The molecule has 140 valence electrons. The van der Waals surface area contributed by atoms with Crippen molar-refractivity contribution in [1.29, 1.82) is 0 Å². The van der Waals surface area contributed by atoms with Crippen LogP contribution in [0.1, 0.15) is 16.7 Å². The van der Waals surface area contributed by atoms with Crippen molar-refractivity contribution in [2.45, 2.75) is 25.7 Å². The number of hydrogen-bond donors (Lipinski definition) is 1. The van der Waals surface area contributed by atoms with Crippen LogP contribution in [0.2, 0.25) is 0 Å². The molecule has 0 saturated carbocycles. The smallest absolute Gasteiger partial charge is 0.0717 e. The first-order chi connectivity index (χ1) is 13.3. The Hall–Kier alpha value is -2.46. The molecule has 3 aromatic rings. The van der Waals surface area contributed by atoms with E-state index in [4.69, 9.17) is 4.74 Å². The molecule has 3 aromatic carbocycles. The van der Waals surface area contributed by atoms with Crippen molar-refractivity contribution < 1.29 is 9.84 Å². The number of hydrogen-bond acceptors (Lipinski definition) is 3. The minimum atomic E-state index is -0.0610. The molecule has 0 amide bonds. The van der Waals surface area contributed by atoms with E-state index in [-0.39, 0.29) is 12.6 Å². The quantitative estimate of drug-likeness (QED) is 0.585. The maximum atomic E-state index is 10.0. The van der Waals surface area contributed by atoms with Crippen LogP contribution in [0.15, 0.2) is 91.0 Å². The molecule has 0 unspecified atom stereocenters. The Kier molecular flexibility index (Phi) is 7.60. The highest BCUT2D eigenvalue weighted by Gasteiger charge is 2.19. The fourth-order valence-electron chi connectivity index (χ4n) is 3.11. The van der Waals surface area contributed by atoms with Gasteiger partial charge in [0.2, 0.25) is 0 Å². The summed E-state index contributed by atoms with van der Waals surface area (Å²) >= 11 is 0. The Morgan fingerprint density at radius 3 is 1.56 bits per heavy atom. The zero-order chi connectivity index (χ0) is 18.7. The summed E-state index contributed by atoms with van der Waals surface area (Å²) in [5, 5.41) is 10.0. The molecule has 1 atom stereocenters. The van der Waals surface area contributed by atoms with Crippen molar-refractivity contribution in [2.24, 2.45) is 0 Å². The lowest BCUT2D eigenvalue weighted by molar-refractivity contribution is 0.0168. The summed E-state index contributed by atoms with van der Waals surface area (Å²) in [7, 11) is 0. The molecule has 0 aliphatic rings. The molecule has 3 heteroatoms. The van der Waals surface area contributed by atoms with Crippen molar-refractivity contribution in [2.75, 3.05) is 13.2 Å². The summed E-state index contributed by atoms with van der Waals surface area (Å²) in [6.45, 7) is 2.66. The third kappa shape index (κ3) is 6.33. The molecule has 0 aliphatic heterocycles. The van der Waals surface area contributed by atoms with Crippen LogP contribution in [0.25, 0.3) is 0 Å². The number of rotatable bonds is 10. The monoisotopic (exact) mass is 361 g/mol. The average molecular weight is 361 g/mol. The van der Waals surface area contributed by atoms with Crippen LogP contribution in [-0.2, 0) is 24.4 Å². The van der Waals surface area contributed by atoms with Crippen LogP contribution in [0.4, 0.5) is 0 Å². The number of benzene rings is 3. The van der Waals surface area contributed by atoms with Crippen LogP contribution in [0, 0.1) is 0 Å². The third-order valence-corrected chi connectivity index (χ3v) is 4.61. The minimum absolute atomic E-state index is 0.0610. The molecular formula is C24H27NO2. The van der Waals surface area contributed by atoms with E-state index in [9.17, 15) is 5.11 Å². The van der Waals surface area contributed by atoms with Gasteiger partial charge in [0.15, 0.2) is 0 Å². The largest absolute Gasteiger partial charge is 0.395 e. The fourth-order valence-corrected chi connectivity index (χ4v) is 3.11. The van der Waals surface area contributed by atoms with Gasteiger partial charge in [-0.05, 0) is 16.7 Å². The van der Waals surface area contributed by atoms with Gasteiger partial charge < -0.3 is 9.84 Å². The van der Waals surface area contributed by atoms with Crippen LogP contribution in [0.5, 0.6) is 0 Å². The van der Waals surface area contributed by atoms with Gasteiger partial charge in [0.25, 0.3) is 0 Å². The van der Waals surface area contributed by atoms with Gasteiger partial charge in [-0.15, -0.1) is 0 Å². The molecule has 0 spiro atoms. The van der Waals surface area contributed by atoms with Crippen LogP contribution in [-0.4, -0.2) is 29.3 Å². The Labute approximate surface area is 161 Å². The van der Waals surface area contributed by atoms with Gasteiger partial charge in [0.05, 0.1) is 25.9 Å². The summed E-state index contributed by atoms with van der Waals surface area (Å²) in [5.74, 6) is 0. The zero-order valence-corrected chi connectivity index (χ0v) is 15.6. The van der Waals surface area contributed by atoms with Crippen molar-refractivity contribution in [3.8, 4) is 0 Å². The lowest BCUT2D eigenvalue weighted by atomic mass is 10.1. The molecular weight excluding hydrogens is 334 g/mol. The Morgan fingerprint density at radius 2 is 1.11 bits per heavy atom. The first-order valence-corrected chi connectivity index (χ1v) is 9.39. The van der Waals surface area contributed by atoms with Gasteiger partial charge in [0, 0.05) is 13.1 Å². The predicted octanol–water partition coefficient (Wildman–Crippen LogP) is 4.27. The van der Waals surface area contributed by atoms with E-state index in [1.54, 1.807) is 0 Å². The van der Waals surface area contributed by atoms with Crippen molar-refractivity contribution in [3.05, 3.63) is 108 Å². The number of nitrogens with zero attached hydrogens (tertiary/aromatic N) is 1. The summed E-state index contributed by atoms with van der Waals surface area (Å²) in [6.07, 6.45) is 0. The Morgan fingerprint density at radius 1 is 0.667 bits per heavy atom. The lowest BCUT2D eigenvalue weighted by Crippen LogP contribution is -2.40. The van der Waals surface area contributed by atoms with E-state index in [0.29, 0.717) is 13.2 Å². The molecule has 0 aliphatic carbocycles. The molecule has 0 saturated heterocycles. The highest BCUT2D eigenvalue weighted by molar-refractivity contribution is 5.17. The number of aliphatic hydroxyl groups excluding tert-OH is 1. The molecule has 27 heavy (non-hydrogen) atoms. The van der Waals surface area contributed by atoms with Crippen LogP contribution < -0.4 is 0 Å². The Bertz CT molecular complexity index is 721. The van der Waals surface area contributed by atoms with Gasteiger partial charge in [-0.1, -0.05) is 91.0 Å². The molecule has 3 rings (SSSR count). The van der Waals surface area contributed by atoms with E-state index in [1.165, 1.54) is 11.1 Å². The molecule has 0 aromatic heterocycles. The summed E-state index contributed by atoms with van der Waals surface area (Å²) in [5.41, 5.74) is 3.61. The topological polar surface area (TPSA) is 32.7 Å². The highest BCUT2D eigenvalue weighted by Crippen LogP contribution is 2.14. The Balaban J connectivity index is 1.66. The number of aliphatic hydroxyl groups is 1. The minimum Gasteiger partial charge on any atom is -0.395 e. The SMILES string of the molecule is OC[C@@H](COCc1ccccc1)N(Cc1ccccc1)Cc1ccccc1.